The highest BCUT2D eigenvalue weighted by molar-refractivity contribution is 9.10. The van der Waals surface area contributed by atoms with Gasteiger partial charge in [-0.2, -0.15) is 0 Å². The van der Waals surface area contributed by atoms with Gasteiger partial charge in [-0.05, 0) is 27.4 Å². The van der Waals surface area contributed by atoms with Crippen LogP contribution in [0, 0.1) is 0 Å². The lowest BCUT2D eigenvalue weighted by Gasteiger charge is -1.99. The van der Waals surface area contributed by atoms with Gasteiger partial charge in [-0.3, -0.25) is 10.2 Å². The number of hydrazine groups is 1. The summed E-state index contributed by atoms with van der Waals surface area (Å²) in [5.41, 5.74) is 5.05. The van der Waals surface area contributed by atoms with Crippen molar-refractivity contribution in [2.45, 2.75) is 0 Å². The lowest BCUT2D eigenvalue weighted by atomic mass is 10.4. The van der Waals surface area contributed by atoms with Gasteiger partial charge in [-0.25, -0.2) is 5.43 Å². The molecule has 0 unspecified atom stereocenters. The van der Waals surface area contributed by atoms with E-state index in [9.17, 15) is 4.79 Å². The molecule has 0 atom stereocenters. The van der Waals surface area contributed by atoms with E-state index >= 15 is 0 Å². The molecule has 3 nitrogen and oxygen atoms in total. The van der Waals surface area contributed by atoms with Gasteiger partial charge in [0.25, 0.3) is 5.91 Å². The Morgan fingerprint density at radius 3 is 2.91 bits per heavy atom. The average Bonchev–Trinajstić information content (AvgIpc) is 2.36. The Hall–Kier alpha value is -0.390. The van der Waals surface area contributed by atoms with Crippen LogP contribution < -0.4 is 10.9 Å². The number of thiophene rings is 1. The first-order valence-electron chi connectivity index (χ1n) is 2.95. The molecule has 2 N–H and O–H groups in total. The van der Waals surface area contributed by atoms with Gasteiger partial charge < -0.3 is 0 Å². The topological polar surface area (TPSA) is 41.1 Å². The Bertz CT molecular complexity index is 261. The van der Waals surface area contributed by atoms with E-state index in [1.54, 1.807) is 7.05 Å². The highest BCUT2D eigenvalue weighted by Crippen LogP contribution is 2.21. The van der Waals surface area contributed by atoms with Crippen molar-refractivity contribution in [3.8, 4) is 0 Å². The van der Waals surface area contributed by atoms with Crippen LogP contribution in [0.3, 0.4) is 0 Å². The van der Waals surface area contributed by atoms with E-state index in [1.807, 2.05) is 11.4 Å². The van der Waals surface area contributed by atoms with Crippen molar-refractivity contribution in [2.75, 3.05) is 7.05 Å². The SMILES string of the molecule is CNNC(=O)c1sccc1Br. The minimum absolute atomic E-state index is 0.116. The number of hydrogen-bond donors (Lipinski definition) is 2. The first kappa shape index (κ1) is 8.70. The molecule has 0 aliphatic heterocycles. The molecule has 0 spiro atoms. The molecule has 0 saturated heterocycles. The summed E-state index contributed by atoms with van der Waals surface area (Å²) in [6.45, 7) is 0. The second-order valence-corrected chi connectivity index (χ2v) is 3.57. The van der Waals surface area contributed by atoms with Gasteiger partial charge in [0.15, 0.2) is 0 Å². The molecule has 0 saturated carbocycles. The van der Waals surface area contributed by atoms with Crippen LogP contribution in [0.2, 0.25) is 0 Å². The largest absolute Gasteiger partial charge is 0.287 e. The number of halogens is 1. The van der Waals surface area contributed by atoms with E-state index in [0.717, 1.165) is 4.47 Å². The second-order valence-electron chi connectivity index (χ2n) is 1.80. The van der Waals surface area contributed by atoms with Gasteiger partial charge in [-0.1, -0.05) is 0 Å². The molecule has 0 fully saturated rings. The lowest BCUT2D eigenvalue weighted by molar-refractivity contribution is 0.0941. The van der Waals surface area contributed by atoms with Crippen LogP contribution in [0.15, 0.2) is 15.9 Å². The van der Waals surface area contributed by atoms with Crippen molar-refractivity contribution < 1.29 is 4.79 Å². The summed E-state index contributed by atoms with van der Waals surface area (Å²) in [4.78, 5) is 11.8. The van der Waals surface area contributed by atoms with Crippen LogP contribution in [0.25, 0.3) is 0 Å². The van der Waals surface area contributed by atoms with Gasteiger partial charge in [0.05, 0.1) is 0 Å². The molecule has 0 aromatic carbocycles. The predicted molar refractivity (Wildman–Crippen MR) is 48.5 cm³/mol. The maximum Gasteiger partial charge on any atom is 0.276 e. The molecule has 5 heteroatoms. The van der Waals surface area contributed by atoms with Gasteiger partial charge in [0, 0.05) is 11.5 Å². The third kappa shape index (κ3) is 2.02. The quantitative estimate of drug-likeness (QED) is 0.760. The van der Waals surface area contributed by atoms with E-state index in [4.69, 9.17) is 0 Å². The summed E-state index contributed by atoms with van der Waals surface area (Å²) in [7, 11) is 1.65. The van der Waals surface area contributed by atoms with Gasteiger partial charge in [0.1, 0.15) is 4.88 Å². The van der Waals surface area contributed by atoms with Crippen molar-refractivity contribution in [1.82, 2.24) is 10.9 Å². The predicted octanol–water partition coefficient (Wildman–Crippen LogP) is 1.37. The lowest BCUT2D eigenvalue weighted by Crippen LogP contribution is -2.33. The van der Waals surface area contributed by atoms with Crippen LogP contribution in [-0.2, 0) is 0 Å². The molecule has 0 bridgehead atoms. The molecule has 1 heterocycles. The fourth-order valence-corrected chi connectivity index (χ4v) is 2.07. The maximum absolute atomic E-state index is 11.1. The van der Waals surface area contributed by atoms with Crippen LogP contribution in [-0.4, -0.2) is 13.0 Å². The van der Waals surface area contributed by atoms with Crippen LogP contribution in [0.4, 0.5) is 0 Å². The van der Waals surface area contributed by atoms with Crippen LogP contribution in [0.1, 0.15) is 9.67 Å². The van der Waals surface area contributed by atoms with E-state index in [1.165, 1.54) is 11.3 Å². The monoisotopic (exact) mass is 234 g/mol. The Balaban J connectivity index is 2.76. The molecule has 0 aliphatic rings. The van der Waals surface area contributed by atoms with E-state index in [0.29, 0.717) is 4.88 Å². The summed E-state index contributed by atoms with van der Waals surface area (Å²) in [6.07, 6.45) is 0. The van der Waals surface area contributed by atoms with Crippen molar-refractivity contribution in [3.05, 3.63) is 20.8 Å². The van der Waals surface area contributed by atoms with E-state index in [-0.39, 0.29) is 5.91 Å². The summed E-state index contributed by atoms with van der Waals surface area (Å²) in [5.74, 6) is -0.116. The standard InChI is InChI=1S/C6H7BrN2OS/c1-8-9-6(10)5-4(7)2-3-11-5/h2-3,8H,1H3,(H,9,10). The molecule has 1 aromatic rings. The van der Waals surface area contributed by atoms with Crippen LogP contribution >= 0.6 is 27.3 Å². The highest BCUT2D eigenvalue weighted by Gasteiger charge is 2.09. The van der Waals surface area contributed by atoms with Crippen LogP contribution in [0.5, 0.6) is 0 Å². The summed E-state index contributed by atoms with van der Waals surface area (Å²) in [6, 6.07) is 1.84. The summed E-state index contributed by atoms with van der Waals surface area (Å²) in [5, 5.41) is 1.86. The summed E-state index contributed by atoms with van der Waals surface area (Å²) >= 11 is 4.66. The smallest absolute Gasteiger partial charge is 0.276 e. The number of carbonyl (C=O) groups is 1. The molecule has 0 aliphatic carbocycles. The fraction of sp³-hybridized carbons (Fsp3) is 0.167. The number of nitrogens with one attached hydrogen (secondary N) is 2. The molecular formula is C6H7BrN2OS. The zero-order chi connectivity index (χ0) is 8.27. The second kappa shape index (κ2) is 3.85. The molecule has 1 aromatic heterocycles. The summed E-state index contributed by atoms with van der Waals surface area (Å²) < 4.78 is 0.829. The van der Waals surface area contributed by atoms with Gasteiger partial charge in [-0.15, -0.1) is 11.3 Å². The van der Waals surface area contributed by atoms with Crippen molar-refractivity contribution in [2.24, 2.45) is 0 Å². The number of amides is 1. The first-order chi connectivity index (χ1) is 5.25. The zero-order valence-corrected chi connectivity index (χ0v) is 8.25. The van der Waals surface area contributed by atoms with Gasteiger partial charge in [0.2, 0.25) is 0 Å². The molecule has 60 valence electrons. The highest BCUT2D eigenvalue weighted by atomic mass is 79.9. The average molecular weight is 235 g/mol. The van der Waals surface area contributed by atoms with Gasteiger partial charge >= 0.3 is 0 Å². The minimum Gasteiger partial charge on any atom is -0.287 e. The third-order valence-corrected chi connectivity index (χ3v) is 2.90. The normalized spacial score (nSPS) is 9.64. The van der Waals surface area contributed by atoms with Crippen molar-refractivity contribution >= 4 is 33.2 Å². The van der Waals surface area contributed by atoms with E-state index < -0.39 is 0 Å². The molecule has 1 amide bonds. The van der Waals surface area contributed by atoms with E-state index in [2.05, 4.69) is 26.8 Å². The Labute approximate surface area is 76.9 Å². The minimum atomic E-state index is -0.116. The van der Waals surface area contributed by atoms with Crippen molar-refractivity contribution in [3.63, 3.8) is 0 Å². The number of carbonyl (C=O) groups excluding carboxylic acids is 1. The zero-order valence-electron chi connectivity index (χ0n) is 5.85. The molecule has 1 rings (SSSR count). The fourth-order valence-electron chi connectivity index (χ4n) is 0.626. The Kier molecular flexibility index (Phi) is 3.04. The number of hydrogen-bond acceptors (Lipinski definition) is 3. The third-order valence-electron chi connectivity index (χ3n) is 1.06. The van der Waals surface area contributed by atoms with Crippen molar-refractivity contribution in [1.29, 1.82) is 0 Å². The molecule has 11 heavy (non-hydrogen) atoms. The number of rotatable bonds is 2. The molecular weight excluding hydrogens is 228 g/mol. The molecule has 0 radical (unpaired) electrons. The Morgan fingerprint density at radius 1 is 1.73 bits per heavy atom. The first-order valence-corrected chi connectivity index (χ1v) is 4.63. The Morgan fingerprint density at radius 2 is 2.45 bits per heavy atom. The maximum atomic E-state index is 11.1.